The van der Waals surface area contributed by atoms with Gasteiger partial charge in [0.15, 0.2) is 0 Å². The first-order valence-corrected chi connectivity index (χ1v) is 6.76. The molecule has 1 aromatic carbocycles. The van der Waals surface area contributed by atoms with Crippen LogP contribution in [-0.2, 0) is 11.3 Å². The molecular formula is C16H16FNO4. The molecule has 1 heterocycles. The lowest BCUT2D eigenvalue weighted by Gasteiger charge is -2.14. The lowest BCUT2D eigenvalue weighted by Crippen LogP contribution is -2.28. The first kappa shape index (κ1) is 15.9. The molecule has 22 heavy (non-hydrogen) atoms. The van der Waals surface area contributed by atoms with Crippen LogP contribution in [-0.4, -0.2) is 29.4 Å². The summed E-state index contributed by atoms with van der Waals surface area (Å²) in [4.78, 5) is 23.4. The zero-order valence-corrected chi connectivity index (χ0v) is 12.1. The SMILES string of the molecule is COCCCn1c(-c2ccc(F)cc2)ccc(C(=O)O)c1=O. The smallest absolute Gasteiger partial charge is 0.341 e. The van der Waals surface area contributed by atoms with Gasteiger partial charge in [-0.15, -0.1) is 0 Å². The molecule has 5 nitrogen and oxygen atoms in total. The second-order valence-corrected chi connectivity index (χ2v) is 4.75. The monoisotopic (exact) mass is 305 g/mol. The molecule has 0 aliphatic heterocycles. The first-order valence-electron chi connectivity index (χ1n) is 6.76. The molecule has 2 rings (SSSR count). The highest BCUT2D eigenvalue weighted by molar-refractivity contribution is 5.87. The molecule has 0 spiro atoms. The molecule has 116 valence electrons. The van der Waals surface area contributed by atoms with Gasteiger partial charge < -0.3 is 14.4 Å². The summed E-state index contributed by atoms with van der Waals surface area (Å²) in [7, 11) is 1.55. The zero-order chi connectivity index (χ0) is 16.1. The van der Waals surface area contributed by atoms with Crippen molar-refractivity contribution in [3.05, 3.63) is 58.1 Å². The molecule has 0 saturated heterocycles. The Labute approximate surface area is 126 Å². The molecule has 1 aromatic heterocycles. The Balaban J connectivity index is 2.52. The molecule has 0 bridgehead atoms. The van der Waals surface area contributed by atoms with Gasteiger partial charge in [-0.2, -0.15) is 0 Å². The fraction of sp³-hybridized carbons (Fsp3) is 0.250. The Hall–Kier alpha value is -2.47. The van der Waals surface area contributed by atoms with E-state index in [2.05, 4.69) is 0 Å². The second kappa shape index (κ2) is 7.00. The van der Waals surface area contributed by atoms with E-state index in [9.17, 15) is 14.0 Å². The number of hydrogen-bond acceptors (Lipinski definition) is 3. The second-order valence-electron chi connectivity index (χ2n) is 4.75. The maximum absolute atomic E-state index is 13.0. The predicted octanol–water partition coefficient (Wildman–Crippen LogP) is 2.39. The van der Waals surface area contributed by atoms with Gasteiger partial charge in [-0.25, -0.2) is 9.18 Å². The molecule has 0 aliphatic rings. The lowest BCUT2D eigenvalue weighted by atomic mass is 10.1. The molecule has 0 atom stereocenters. The van der Waals surface area contributed by atoms with Crippen LogP contribution in [0.25, 0.3) is 11.3 Å². The number of ether oxygens (including phenoxy) is 1. The number of carboxylic acid groups (broad SMARTS) is 1. The number of aromatic carboxylic acids is 1. The van der Waals surface area contributed by atoms with Crippen molar-refractivity contribution in [2.75, 3.05) is 13.7 Å². The van der Waals surface area contributed by atoms with Gasteiger partial charge in [0, 0.05) is 20.3 Å². The molecule has 6 heteroatoms. The van der Waals surface area contributed by atoms with Gasteiger partial charge in [0.1, 0.15) is 11.4 Å². The van der Waals surface area contributed by atoms with Crippen molar-refractivity contribution >= 4 is 5.97 Å². The van der Waals surface area contributed by atoms with Crippen LogP contribution in [0.2, 0.25) is 0 Å². The summed E-state index contributed by atoms with van der Waals surface area (Å²) in [6, 6.07) is 8.53. The van der Waals surface area contributed by atoms with Gasteiger partial charge in [-0.3, -0.25) is 4.79 Å². The summed E-state index contributed by atoms with van der Waals surface area (Å²) in [6.45, 7) is 0.771. The van der Waals surface area contributed by atoms with Crippen molar-refractivity contribution in [3.63, 3.8) is 0 Å². The number of hydrogen-bond donors (Lipinski definition) is 1. The fourth-order valence-corrected chi connectivity index (χ4v) is 2.20. The highest BCUT2D eigenvalue weighted by Crippen LogP contribution is 2.19. The van der Waals surface area contributed by atoms with Crippen LogP contribution in [0.5, 0.6) is 0 Å². The van der Waals surface area contributed by atoms with Crippen molar-refractivity contribution in [3.8, 4) is 11.3 Å². The molecule has 0 aliphatic carbocycles. The molecule has 0 amide bonds. The van der Waals surface area contributed by atoms with Crippen LogP contribution in [0.3, 0.4) is 0 Å². The Morgan fingerprint density at radius 3 is 2.50 bits per heavy atom. The van der Waals surface area contributed by atoms with Crippen LogP contribution >= 0.6 is 0 Å². The highest BCUT2D eigenvalue weighted by Gasteiger charge is 2.15. The highest BCUT2D eigenvalue weighted by atomic mass is 19.1. The Morgan fingerprint density at radius 2 is 1.91 bits per heavy atom. The van der Waals surface area contributed by atoms with E-state index in [4.69, 9.17) is 9.84 Å². The average molecular weight is 305 g/mol. The molecule has 2 aromatic rings. The van der Waals surface area contributed by atoms with Gasteiger partial charge in [0.25, 0.3) is 5.56 Å². The van der Waals surface area contributed by atoms with Crippen LogP contribution < -0.4 is 5.56 Å². The number of halogens is 1. The lowest BCUT2D eigenvalue weighted by molar-refractivity contribution is 0.0694. The van der Waals surface area contributed by atoms with Crippen LogP contribution in [0.1, 0.15) is 16.8 Å². The number of nitrogens with zero attached hydrogens (tertiary/aromatic N) is 1. The number of pyridine rings is 1. The maximum atomic E-state index is 13.0. The minimum absolute atomic E-state index is 0.289. The Morgan fingerprint density at radius 1 is 1.23 bits per heavy atom. The van der Waals surface area contributed by atoms with Crippen molar-refractivity contribution in [1.82, 2.24) is 4.57 Å². The van der Waals surface area contributed by atoms with E-state index in [0.29, 0.717) is 30.8 Å². The minimum Gasteiger partial charge on any atom is -0.477 e. The molecule has 0 saturated carbocycles. The molecule has 0 unspecified atom stereocenters. The van der Waals surface area contributed by atoms with Gasteiger partial charge in [-0.05, 0) is 48.4 Å². The molecule has 1 N–H and O–H groups in total. The molecular weight excluding hydrogens is 289 g/mol. The van der Waals surface area contributed by atoms with E-state index in [0.717, 1.165) is 0 Å². The molecule has 0 fully saturated rings. The third-order valence-corrected chi connectivity index (χ3v) is 3.27. The van der Waals surface area contributed by atoms with Crippen LogP contribution in [0.15, 0.2) is 41.2 Å². The summed E-state index contributed by atoms with van der Waals surface area (Å²) in [5, 5.41) is 9.07. The summed E-state index contributed by atoms with van der Waals surface area (Å²) in [5.41, 5.74) is 0.327. The van der Waals surface area contributed by atoms with Crippen molar-refractivity contribution in [2.24, 2.45) is 0 Å². The van der Waals surface area contributed by atoms with Crippen molar-refractivity contribution in [1.29, 1.82) is 0 Å². The number of rotatable bonds is 6. The van der Waals surface area contributed by atoms with Crippen molar-refractivity contribution < 1.29 is 19.0 Å². The number of benzene rings is 1. The predicted molar refractivity (Wildman–Crippen MR) is 79.5 cm³/mol. The average Bonchev–Trinajstić information content (AvgIpc) is 2.49. The van der Waals surface area contributed by atoms with E-state index in [-0.39, 0.29) is 11.4 Å². The van der Waals surface area contributed by atoms with E-state index >= 15 is 0 Å². The van der Waals surface area contributed by atoms with Crippen LogP contribution in [0, 0.1) is 5.82 Å². The quantitative estimate of drug-likeness (QED) is 0.832. The number of aromatic nitrogens is 1. The van der Waals surface area contributed by atoms with E-state index in [1.165, 1.54) is 22.8 Å². The van der Waals surface area contributed by atoms with Crippen molar-refractivity contribution in [2.45, 2.75) is 13.0 Å². The van der Waals surface area contributed by atoms with E-state index < -0.39 is 11.5 Å². The van der Waals surface area contributed by atoms with Gasteiger partial charge in [0.05, 0.1) is 5.69 Å². The number of methoxy groups -OCH3 is 1. The topological polar surface area (TPSA) is 68.5 Å². The summed E-state index contributed by atoms with van der Waals surface area (Å²) in [5.74, 6) is -1.64. The fourth-order valence-electron chi connectivity index (χ4n) is 2.20. The maximum Gasteiger partial charge on any atom is 0.341 e. The normalized spacial score (nSPS) is 10.6. The zero-order valence-electron chi connectivity index (χ0n) is 12.1. The van der Waals surface area contributed by atoms with Crippen LogP contribution in [0.4, 0.5) is 4.39 Å². The minimum atomic E-state index is -1.27. The third-order valence-electron chi connectivity index (χ3n) is 3.27. The first-order chi connectivity index (χ1) is 10.5. The number of carbonyl (C=O) groups is 1. The Bertz CT molecular complexity index is 722. The number of carboxylic acids is 1. The summed E-state index contributed by atoms with van der Waals surface area (Å²) >= 11 is 0. The summed E-state index contributed by atoms with van der Waals surface area (Å²) < 4.78 is 19.4. The third kappa shape index (κ3) is 3.40. The van der Waals surface area contributed by atoms with Gasteiger partial charge in [-0.1, -0.05) is 0 Å². The Kier molecular flexibility index (Phi) is 5.06. The van der Waals surface area contributed by atoms with E-state index in [1.807, 2.05) is 0 Å². The van der Waals surface area contributed by atoms with Gasteiger partial charge in [0.2, 0.25) is 0 Å². The molecule has 0 radical (unpaired) electrons. The van der Waals surface area contributed by atoms with Gasteiger partial charge >= 0.3 is 5.97 Å². The largest absolute Gasteiger partial charge is 0.477 e. The van der Waals surface area contributed by atoms with E-state index in [1.54, 1.807) is 25.3 Å². The summed E-state index contributed by atoms with van der Waals surface area (Å²) in [6.07, 6.45) is 0.563. The standard InChI is InChI=1S/C16H16FNO4/c1-22-10-2-9-18-14(11-3-5-12(17)6-4-11)8-7-13(15(18)19)16(20)21/h3-8H,2,9-10H2,1H3,(H,20,21).